The SMILES string of the molecule is Cc1cc(Br)c(C(Cl)C2COc3ccccc3O2)cc1Br. The molecular formula is C16H13Br2ClO2. The third-order valence-corrected chi connectivity index (χ3v) is 5.49. The lowest BCUT2D eigenvalue weighted by Crippen LogP contribution is -2.33. The molecule has 0 saturated carbocycles. The van der Waals surface area contributed by atoms with Crippen LogP contribution in [0.3, 0.4) is 0 Å². The minimum absolute atomic E-state index is 0.229. The van der Waals surface area contributed by atoms with Crippen LogP contribution in [0.2, 0.25) is 0 Å². The van der Waals surface area contributed by atoms with Gasteiger partial charge in [-0.3, -0.25) is 0 Å². The van der Waals surface area contributed by atoms with Gasteiger partial charge in [0.25, 0.3) is 0 Å². The Morgan fingerprint density at radius 1 is 1.14 bits per heavy atom. The van der Waals surface area contributed by atoms with Crippen LogP contribution in [0.25, 0.3) is 0 Å². The maximum absolute atomic E-state index is 6.63. The maximum atomic E-state index is 6.63. The molecule has 21 heavy (non-hydrogen) atoms. The van der Waals surface area contributed by atoms with Crippen molar-refractivity contribution in [2.24, 2.45) is 0 Å². The lowest BCUT2D eigenvalue weighted by Gasteiger charge is -2.30. The molecule has 0 amide bonds. The molecule has 5 heteroatoms. The highest BCUT2D eigenvalue weighted by molar-refractivity contribution is 9.11. The predicted molar refractivity (Wildman–Crippen MR) is 91.5 cm³/mol. The van der Waals surface area contributed by atoms with Gasteiger partial charge in [-0.05, 0) is 42.3 Å². The summed E-state index contributed by atoms with van der Waals surface area (Å²) in [5, 5.41) is -0.301. The van der Waals surface area contributed by atoms with Crippen molar-refractivity contribution in [3.05, 3.63) is 56.5 Å². The molecule has 2 aromatic rings. The molecule has 3 rings (SSSR count). The number of para-hydroxylation sites is 2. The molecule has 2 nitrogen and oxygen atoms in total. The molecule has 2 unspecified atom stereocenters. The third kappa shape index (κ3) is 3.08. The van der Waals surface area contributed by atoms with E-state index in [2.05, 4.69) is 31.9 Å². The Bertz CT molecular complexity index is 675. The summed E-state index contributed by atoms with van der Waals surface area (Å²) in [7, 11) is 0. The second kappa shape index (κ2) is 6.19. The van der Waals surface area contributed by atoms with E-state index in [-0.39, 0.29) is 11.5 Å². The van der Waals surface area contributed by atoms with Crippen LogP contribution in [0.1, 0.15) is 16.5 Å². The molecule has 0 fully saturated rings. The van der Waals surface area contributed by atoms with Crippen molar-refractivity contribution >= 4 is 43.5 Å². The number of ether oxygens (including phenoxy) is 2. The Balaban J connectivity index is 1.87. The lowest BCUT2D eigenvalue weighted by molar-refractivity contribution is 0.0876. The molecule has 0 saturated heterocycles. The van der Waals surface area contributed by atoms with E-state index in [0.29, 0.717) is 6.61 Å². The van der Waals surface area contributed by atoms with Crippen molar-refractivity contribution < 1.29 is 9.47 Å². The highest BCUT2D eigenvalue weighted by Gasteiger charge is 2.30. The van der Waals surface area contributed by atoms with Crippen LogP contribution < -0.4 is 9.47 Å². The van der Waals surface area contributed by atoms with Crippen molar-refractivity contribution in [1.82, 2.24) is 0 Å². The van der Waals surface area contributed by atoms with E-state index >= 15 is 0 Å². The van der Waals surface area contributed by atoms with Crippen LogP contribution >= 0.6 is 43.5 Å². The van der Waals surface area contributed by atoms with E-state index in [0.717, 1.165) is 31.6 Å². The first-order chi connectivity index (χ1) is 10.1. The fourth-order valence-corrected chi connectivity index (χ4v) is 3.76. The summed E-state index contributed by atoms with van der Waals surface area (Å²) in [6.07, 6.45) is -0.229. The summed E-state index contributed by atoms with van der Waals surface area (Å²) in [5.74, 6) is 1.50. The molecule has 0 radical (unpaired) electrons. The van der Waals surface area contributed by atoms with Gasteiger partial charge >= 0.3 is 0 Å². The number of hydrogen-bond acceptors (Lipinski definition) is 2. The number of rotatable bonds is 2. The standard InChI is InChI=1S/C16H13Br2ClO2/c1-9-6-12(18)10(7-11(9)17)16(19)15-8-20-13-4-2-3-5-14(13)21-15/h2-7,15-16H,8H2,1H3. The number of hydrogen-bond donors (Lipinski definition) is 0. The number of aryl methyl sites for hydroxylation is 1. The van der Waals surface area contributed by atoms with E-state index < -0.39 is 0 Å². The summed E-state index contributed by atoms with van der Waals surface area (Å²) in [5.41, 5.74) is 2.14. The average molecular weight is 433 g/mol. The van der Waals surface area contributed by atoms with Gasteiger partial charge < -0.3 is 9.47 Å². The second-order valence-electron chi connectivity index (χ2n) is 4.94. The fourth-order valence-electron chi connectivity index (χ4n) is 2.25. The Morgan fingerprint density at radius 2 is 1.86 bits per heavy atom. The van der Waals surface area contributed by atoms with Crippen molar-refractivity contribution in [2.45, 2.75) is 18.4 Å². The van der Waals surface area contributed by atoms with Gasteiger partial charge in [0.1, 0.15) is 6.61 Å². The van der Waals surface area contributed by atoms with Crippen molar-refractivity contribution in [1.29, 1.82) is 0 Å². The highest BCUT2D eigenvalue weighted by atomic mass is 79.9. The highest BCUT2D eigenvalue weighted by Crippen LogP contribution is 2.39. The summed E-state index contributed by atoms with van der Waals surface area (Å²) in [6.45, 7) is 2.47. The molecule has 110 valence electrons. The topological polar surface area (TPSA) is 18.5 Å². The monoisotopic (exact) mass is 430 g/mol. The first-order valence-electron chi connectivity index (χ1n) is 6.54. The van der Waals surface area contributed by atoms with E-state index in [1.807, 2.05) is 43.3 Å². The van der Waals surface area contributed by atoms with Gasteiger partial charge in [-0.25, -0.2) is 0 Å². The molecular weight excluding hydrogens is 419 g/mol. The Kier molecular flexibility index (Phi) is 4.48. The zero-order valence-corrected chi connectivity index (χ0v) is 15.2. The minimum atomic E-state index is -0.301. The Labute approximate surface area is 145 Å². The maximum Gasteiger partial charge on any atom is 0.161 e. The summed E-state index contributed by atoms with van der Waals surface area (Å²) in [6, 6.07) is 11.7. The Morgan fingerprint density at radius 3 is 2.62 bits per heavy atom. The van der Waals surface area contributed by atoms with E-state index in [9.17, 15) is 0 Å². The van der Waals surface area contributed by atoms with Crippen LogP contribution in [-0.2, 0) is 0 Å². The van der Waals surface area contributed by atoms with Crippen LogP contribution in [0.4, 0.5) is 0 Å². The van der Waals surface area contributed by atoms with Gasteiger partial charge in [-0.2, -0.15) is 0 Å². The van der Waals surface area contributed by atoms with Gasteiger partial charge in [0.15, 0.2) is 17.6 Å². The smallest absolute Gasteiger partial charge is 0.161 e. The molecule has 0 aromatic heterocycles. The number of halogens is 3. The molecule has 0 aliphatic carbocycles. The van der Waals surface area contributed by atoms with E-state index in [1.54, 1.807) is 0 Å². The molecule has 1 heterocycles. The average Bonchev–Trinajstić information content (AvgIpc) is 2.50. The minimum Gasteiger partial charge on any atom is -0.486 e. The summed E-state index contributed by atoms with van der Waals surface area (Å²) < 4.78 is 13.7. The summed E-state index contributed by atoms with van der Waals surface area (Å²) in [4.78, 5) is 0. The zero-order valence-electron chi connectivity index (χ0n) is 11.3. The molecule has 2 atom stereocenters. The van der Waals surface area contributed by atoms with Gasteiger partial charge in [-0.1, -0.05) is 44.0 Å². The van der Waals surface area contributed by atoms with E-state index in [4.69, 9.17) is 21.1 Å². The largest absolute Gasteiger partial charge is 0.486 e. The van der Waals surface area contributed by atoms with Crippen molar-refractivity contribution in [3.63, 3.8) is 0 Å². The first kappa shape index (κ1) is 15.2. The quantitative estimate of drug-likeness (QED) is 0.572. The molecule has 0 bridgehead atoms. The third-order valence-electron chi connectivity index (χ3n) is 3.43. The van der Waals surface area contributed by atoms with Gasteiger partial charge in [0, 0.05) is 8.95 Å². The number of benzene rings is 2. The zero-order chi connectivity index (χ0) is 15.0. The van der Waals surface area contributed by atoms with Gasteiger partial charge in [-0.15, -0.1) is 11.6 Å². The lowest BCUT2D eigenvalue weighted by atomic mass is 10.1. The van der Waals surface area contributed by atoms with Crippen LogP contribution in [0, 0.1) is 6.92 Å². The van der Waals surface area contributed by atoms with Crippen LogP contribution in [-0.4, -0.2) is 12.7 Å². The van der Waals surface area contributed by atoms with E-state index in [1.165, 1.54) is 0 Å². The summed E-state index contributed by atoms with van der Waals surface area (Å²) >= 11 is 13.8. The van der Waals surface area contributed by atoms with Gasteiger partial charge in [0.2, 0.25) is 0 Å². The molecule has 0 N–H and O–H groups in total. The normalized spacial score (nSPS) is 18.4. The van der Waals surface area contributed by atoms with Crippen LogP contribution in [0.15, 0.2) is 45.3 Å². The fraction of sp³-hybridized carbons (Fsp3) is 0.250. The molecule has 1 aliphatic heterocycles. The first-order valence-corrected chi connectivity index (χ1v) is 8.56. The van der Waals surface area contributed by atoms with Gasteiger partial charge in [0.05, 0.1) is 5.38 Å². The van der Waals surface area contributed by atoms with Crippen molar-refractivity contribution in [2.75, 3.05) is 6.61 Å². The second-order valence-corrected chi connectivity index (χ2v) is 7.12. The van der Waals surface area contributed by atoms with Crippen LogP contribution in [0.5, 0.6) is 11.5 Å². The molecule has 1 aliphatic rings. The predicted octanol–water partition coefficient (Wildman–Crippen LogP) is 5.64. The number of fused-ring (bicyclic) bond motifs is 1. The van der Waals surface area contributed by atoms with Crippen molar-refractivity contribution in [3.8, 4) is 11.5 Å². The molecule has 0 spiro atoms. The molecule has 2 aromatic carbocycles. The Hall–Kier alpha value is -0.710. The number of alkyl halides is 1.